The van der Waals surface area contributed by atoms with Crippen LogP contribution in [0.3, 0.4) is 0 Å². The summed E-state index contributed by atoms with van der Waals surface area (Å²) in [6, 6.07) is 21.2. The molecule has 0 aliphatic carbocycles. The summed E-state index contributed by atoms with van der Waals surface area (Å²) in [5.41, 5.74) is 2.50. The van der Waals surface area contributed by atoms with Gasteiger partial charge in [-0.05, 0) is 48.5 Å². The van der Waals surface area contributed by atoms with Crippen molar-refractivity contribution in [1.82, 2.24) is 4.90 Å². The van der Waals surface area contributed by atoms with Crippen molar-refractivity contribution in [2.24, 2.45) is 0 Å². The van der Waals surface area contributed by atoms with Gasteiger partial charge >= 0.3 is 0 Å². The molecular formula is C23H21ClN2O3. The minimum absolute atomic E-state index is 0.0914. The van der Waals surface area contributed by atoms with Gasteiger partial charge in [-0.3, -0.25) is 9.59 Å². The average Bonchev–Trinajstić information content (AvgIpc) is 2.73. The minimum atomic E-state index is -0.264. The second kappa shape index (κ2) is 9.26. The number of hydrogen-bond donors (Lipinski definition) is 1. The van der Waals surface area contributed by atoms with Crippen LogP contribution in [0.2, 0.25) is 5.02 Å². The van der Waals surface area contributed by atoms with E-state index >= 15 is 0 Å². The highest BCUT2D eigenvalue weighted by Crippen LogP contribution is 2.20. The zero-order valence-electron chi connectivity index (χ0n) is 16.2. The van der Waals surface area contributed by atoms with Gasteiger partial charge in [-0.15, -0.1) is 0 Å². The first-order chi connectivity index (χ1) is 13.9. The molecule has 0 fully saturated rings. The lowest BCUT2D eigenvalue weighted by Gasteiger charge is -2.11. The Morgan fingerprint density at radius 3 is 2.34 bits per heavy atom. The maximum absolute atomic E-state index is 12.6. The van der Waals surface area contributed by atoms with Gasteiger partial charge in [-0.2, -0.15) is 0 Å². The minimum Gasteiger partial charge on any atom is -0.489 e. The van der Waals surface area contributed by atoms with Crippen LogP contribution in [0.1, 0.15) is 26.3 Å². The number of halogens is 1. The lowest BCUT2D eigenvalue weighted by Crippen LogP contribution is -2.21. The topological polar surface area (TPSA) is 58.6 Å². The molecule has 6 heteroatoms. The Kier molecular flexibility index (Phi) is 6.52. The molecule has 0 saturated carbocycles. The highest BCUT2D eigenvalue weighted by atomic mass is 35.5. The zero-order valence-corrected chi connectivity index (χ0v) is 16.9. The predicted molar refractivity (Wildman–Crippen MR) is 115 cm³/mol. The van der Waals surface area contributed by atoms with Gasteiger partial charge in [-0.1, -0.05) is 35.9 Å². The molecule has 0 unspecified atom stereocenters. The quantitative estimate of drug-likeness (QED) is 0.632. The molecule has 0 atom stereocenters. The van der Waals surface area contributed by atoms with Crippen molar-refractivity contribution in [3.8, 4) is 5.75 Å². The summed E-state index contributed by atoms with van der Waals surface area (Å²) in [6.07, 6.45) is 0. The Bertz CT molecular complexity index is 1020. The third-order valence-corrected chi connectivity index (χ3v) is 4.61. The van der Waals surface area contributed by atoms with Crippen LogP contribution >= 0.6 is 11.6 Å². The van der Waals surface area contributed by atoms with Crippen LogP contribution in [-0.2, 0) is 6.61 Å². The Labute approximate surface area is 174 Å². The van der Waals surface area contributed by atoms with E-state index in [1.165, 1.54) is 4.90 Å². The van der Waals surface area contributed by atoms with Crippen LogP contribution in [-0.4, -0.2) is 30.8 Å². The smallest absolute Gasteiger partial charge is 0.255 e. The molecule has 0 heterocycles. The molecule has 2 amide bonds. The van der Waals surface area contributed by atoms with Gasteiger partial charge in [0.1, 0.15) is 12.4 Å². The van der Waals surface area contributed by atoms with E-state index in [1.54, 1.807) is 62.6 Å². The van der Waals surface area contributed by atoms with Gasteiger partial charge in [0.25, 0.3) is 11.8 Å². The number of ether oxygens (including phenoxy) is 1. The number of carbonyl (C=O) groups is 2. The van der Waals surface area contributed by atoms with Gasteiger partial charge in [0.05, 0.1) is 0 Å². The summed E-state index contributed by atoms with van der Waals surface area (Å²) in [5, 5.41) is 3.46. The van der Waals surface area contributed by atoms with Gasteiger partial charge < -0.3 is 15.0 Å². The summed E-state index contributed by atoms with van der Waals surface area (Å²) in [4.78, 5) is 26.0. The summed E-state index contributed by atoms with van der Waals surface area (Å²) in [7, 11) is 3.39. The standard InChI is InChI=1S/C23H21ClN2O3/c1-26(2)23(28)16-10-12-19(13-11-16)25-22(27)17-7-5-8-20(14-17)29-15-18-6-3-4-9-21(18)24/h3-14H,15H2,1-2H3,(H,25,27). The highest BCUT2D eigenvalue weighted by Gasteiger charge is 2.10. The molecule has 148 valence electrons. The number of nitrogens with one attached hydrogen (secondary N) is 1. The van der Waals surface area contributed by atoms with Crippen LogP contribution in [0.5, 0.6) is 5.75 Å². The van der Waals surface area contributed by atoms with E-state index in [1.807, 2.05) is 24.3 Å². The monoisotopic (exact) mass is 408 g/mol. The summed E-state index contributed by atoms with van der Waals surface area (Å²) >= 11 is 6.14. The predicted octanol–water partition coefficient (Wildman–Crippen LogP) is 4.87. The average molecular weight is 409 g/mol. The largest absolute Gasteiger partial charge is 0.489 e. The third kappa shape index (κ3) is 5.36. The molecule has 0 aliphatic rings. The fourth-order valence-electron chi connectivity index (χ4n) is 2.66. The fraction of sp³-hybridized carbons (Fsp3) is 0.130. The number of anilines is 1. The number of carbonyl (C=O) groups excluding carboxylic acids is 2. The molecule has 1 N–H and O–H groups in total. The number of hydrogen-bond acceptors (Lipinski definition) is 3. The maximum Gasteiger partial charge on any atom is 0.255 e. The number of benzene rings is 3. The summed E-state index contributed by atoms with van der Waals surface area (Å²) in [5.74, 6) is 0.218. The van der Waals surface area contributed by atoms with Crippen LogP contribution in [0.15, 0.2) is 72.8 Å². The molecule has 0 spiro atoms. The van der Waals surface area contributed by atoms with E-state index in [0.29, 0.717) is 34.2 Å². The Hall–Kier alpha value is -3.31. The molecule has 0 radical (unpaired) electrons. The lowest BCUT2D eigenvalue weighted by molar-refractivity contribution is 0.0827. The first-order valence-corrected chi connectivity index (χ1v) is 9.41. The van der Waals surface area contributed by atoms with Crippen molar-refractivity contribution >= 4 is 29.1 Å². The molecule has 3 aromatic carbocycles. The van der Waals surface area contributed by atoms with Crippen molar-refractivity contribution in [3.05, 3.63) is 94.5 Å². The fourth-order valence-corrected chi connectivity index (χ4v) is 2.85. The number of nitrogens with zero attached hydrogens (tertiary/aromatic N) is 1. The molecule has 0 saturated heterocycles. The molecule has 0 aromatic heterocycles. The second-order valence-corrected chi connectivity index (χ2v) is 7.05. The zero-order chi connectivity index (χ0) is 20.8. The van der Waals surface area contributed by atoms with Crippen LogP contribution < -0.4 is 10.1 Å². The Morgan fingerprint density at radius 2 is 1.66 bits per heavy atom. The summed E-state index contributed by atoms with van der Waals surface area (Å²) in [6.45, 7) is 0.312. The van der Waals surface area contributed by atoms with E-state index in [-0.39, 0.29) is 11.8 Å². The highest BCUT2D eigenvalue weighted by molar-refractivity contribution is 6.31. The van der Waals surface area contributed by atoms with Gasteiger partial charge in [0.2, 0.25) is 0 Å². The van der Waals surface area contributed by atoms with Crippen molar-refractivity contribution in [2.75, 3.05) is 19.4 Å². The molecule has 29 heavy (non-hydrogen) atoms. The van der Waals surface area contributed by atoms with Crippen molar-refractivity contribution in [2.45, 2.75) is 6.61 Å². The van der Waals surface area contributed by atoms with Gasteiger partial charge in [0, 0.05) is 41.5 Å². The number of rotatable bonds is 6. The van der Waals surface area contributed by atoms with E-state index in [0.717, 1.165) is 5.56 Å². The molecule has 0 aliphatic heterocycles. The van der Waals surface area contributed by atoms with E-state index in [2.05, 4.69) is 5.32 Å². The van der Waals surface area contributed by atoms with E-state index in [9.17, 15) is 9.59 Å². The van der Waals surface area contributed by atoms with E-state index in [4.69, 9.17) is 16.3 Å². The van der Waals surface area contributed by atoms with Gasteiger partial charge in [0.15, 0.2) is 0 Å². The first-order valence-electron chi connectivity index (χ1n) is 9.03. The Balaban J connectivity index is 1.65. The van der Waals surface area contributed by atoms with E-state index < -0.39 is 0 Å². The molecule has 5 nitrogen and oxygen atoms in total. The second-order valence-electron chi connectivity index (χ2n) is 6.64. The van der Waals surface area contributed by atoms with Crippen LogP contribution in [0.4, 0.5) is 5.69 Å². The SMILES string of the molecule is CN(C)C(=O)c1ccc(NC(=O)c2cccc(OCc3ccccc3Cl)c2)cc1. The molecule has 0 bridgehead atoms. The lowest BCUT2D eigenvalue weighted by atomic mass is 10.1. The summed E-state index contributed by atoms with van der Waals surface area (Å²) < 4.78 is 5.77. The molecule has 3 rings (SSSR count). The maximum atomic E-state index is 12.6. The van der Waals surface area contributed by atoms with Gasteiger partial charge in [-0.25, -0.2) is 0 Å². The van der Waals surface area contributed by atoms with Crippen LogP contribution in [0, 0.1) is 0 Å². The van der Waals surface area contributed by atoms with Crippen molar-refractivity contribution < 1.29 is 14.3 Å². The normalized spacial score (nSPS) is 10.3. The molecular weight excluding hydrogens is 388 g/mol. The van der Waals surface area contributed by atoms with Crippen molar-refractivity contribution in [3.63, 3.8) is 0 Å². The molecule has 3 aromatic rings. The Morgan fingerprint density at radius 1 is 0.931 bits per heavy atom. The number of amides is 2. The first kappa shape index (κ1) is 20.4. The van der Waals surface area contributed by atoms with Crippen LogP contribution in [0.25, 0.3) is 0 Å². The third-order valence-electron chi connectivity index (χ3n) is 4.24. The van der Waals surface area contributed by atoms with Crippen molar-refractivity contribution in [1.29, 1.82) is 0 Å².